The Labute approximate surface area is 126 Å². The van der Waals surface area contributed by atoms with E-state index in [9.17, 15) is 4.79 Å². The fourth-order valence-electron chi connectivity index (χ4n) is 2.10. The molecule has 0 fully saturated rings. The number of rotatable bonds is 8. The molecule has 0 unspecified atom stereocenters. The molecule has 21 heavy (non-hydrogen) atoms. The van der Waals surface area contributed by atoms with Crippen LogP contribution in [0.15, 0.2) is 18.2 Å². The van der Waals surface area contributed by atoms with Crippen molar-refractivity contribution in [3.63, 3.8) is 0 Å². The van der Waals surface area contributed by atoms with E-state index >= 15 is 0 Å². The molecule has 0 atom stereocenters. The monoisotopic (exact) mass is 294 g/mol. The molecule has 0 aromatic heterocycles. The Balaban J connectivity index is 2.75. The normalized spacial score (nSPS) is 11.1. The maximum absolute atomic E-state index is 12.1. The summed E-state index contributed by atoms with van der Waals surface area (Å²) < 4.78 is 10.6. The van der Waals surface area contributed by atoms with Crippen LogP contribution in [0.4, 0.5) is 0 Å². The minimum atomic E-state index is -0.347. The van der Waals surface area contributed by atoms with Gasteiger partial charge in [0, 0.05) is 17.6 Å². The first-order chi connectivity index (χ1) is 9.99. The fraction of sp³-hybridized carbons (Fsp3) is 0.562. The number of carbonyl (C=O) groups excluding carboxylic acids is 1. The minimum absolute atomic E-state index is 0.0884. The topological polar surface area (TPSA) is 73.6 Å². The van der Waals surface area contributed by atoms with E-state index in [0.717, 1.165) is 18.4 Å². The van der Waals surface area contributed by atoms with Gasteiger partial charge in [0.1, 0.15) is 11.5 Å². The van der Waals surface area contributed by atoms with E-state index in [-0.39, 0.29) is 17.9 Å². The summed E-state index contributed by atoms with van der Waals surface area (Å²) in [6.07, 6.45) is 1.85. The summed E-state index contributed by atoms with van der Waals surface area (Å²) >= 11 is 0. The van der Waals surface area contributed by atoms with Crippen LogP contribution in [0, 0.1) is 0 Å². The molecule has 0 aliphatic rings. The zero-order valence-electron chi connectivity index (χ0n) is 13.4. The van der Waals surface area contributed by atoms with E-state index < -0.39 is 0 Å². The second-order valence-electron chi connectivity index (χ2n) is 5.16. The second-order valence-corrected chi connectivity index (χ2v) is 5.16. The number of amides is 1. The highest BCUT2D eigenvalue weighted by Crippen LogP contribution is 2.28. The fourth-order valence-corrected chi connectivity index (χ4v) is 2.10. The Morgan fingerprint density at radius 2 is 1.71 bits per heavy atom. The lowest BCUT2D eigenvalue weighted by molar-refractivity contribution is -0.120. The van der Waals surface area contributed by atoms with E-state index in [0.29, 0.717) is 18.0 Å². The third-order valence-corrected chi connectivity index (χ3v) is 3.91. The Morgan fingerprint density at radius 1 is 1.19 bits per heavy atom. The van der Waals surface area contributed by atoms with Crippen LogP contribution in [0.5, 0.6) is 11.5 Å². The van der Waals surface area contributed by atoms with Gasteiger partial charge >= 0.3 is 0 Å². The minimum Gasteiger partial charge on any atom is -0.496 e. The molecule has 1 aromatic carbocycles. The summed E-state index contributed by atoms with van der Waals surface area (Å²) in [5, 5.41) is 2.90. The van der Waals surface area contributed by atoms with Gasteiger partial charge < -0.3 is 20.5 Å². The zero-order chi connectivity index (χ0) is 15.9. The third kappa shape index (κ3) is 4.63. The van der Waals surface area contributed by atoms with Crippen LogP contribution in [0.3, 0.4) is 0 Å². The van der Waals surface area contributed by atoms with Crippen molar-refractivity contribution < 1.29 is 14.3 Å². The highest BCUT2D eigenvalue weighted by Gasteiger charge is 2.21. The summed E-state index contributed by atoms with van der Waals surface area (Å²) in [7, 11) is 3.16. The van der Waals surface area contributed by atoms with Gasteiger partial charge in [-0.25, -0.2) is 0 Å². The maximum atomic E-state index is 12.1. The quantitative estimate of drug-likeness (QED) is 0.768. The first kappa shape index (κ1) is 17.3. The number of nitrogens with two attached hydrogens (primary N) is 1. The molecule has 1 aromatic rings. The van der Waals surface area contributed by atoms with Gasteiger partial charge in [0.05, 0.1) is 20.6 Å². The van der Waals surface area contributed by atoms with Crippen LogP contribution >= 0.6 is 0 Å². The Kier molecular flexibility index (Phi) is 6.49. The Bertz CT molecular complexity index is 448. The number of hydrogen-bond donors (Lipinski definition) is 2. The van der Waals surface area contributed by atoms with Gasteiger partial charge in [0.25, 0.3) is 0 Å². The molecular formula is C16H26N2O3. The lowest BCUT2D eigenvalue weighted by Gasteiger charge is -2.26. The highest BCUT2D eigenvalue weighted by molar-refractivity contribution is 5.80. The molecule has 0 aliphatic carbocycles. The van der Waals surface area contributed by atoms with Gasteiger partial charge in [0.2, 0.25) is 5.91 Å². The van der Waals surface area contributed by atoms with Crippen LogP contribution in [0.25, 0.3) is 0 Å². The smallest absolute Gasteiger partial charge is 0.224 e. The average molecular weight is 294 g/mol. The van der Waals surface area contributed by atoms with Crippen molar-refractivity contribution in [3.8, 4) is 11.5 Å². The van der Waals surface area contributed by atoms with Crippen LogP contribution in [-0.4, -0.2) is 32.2 Å². The molecule has 1 amide bonds. The van der Waals surface area contributed by atoms with Crippen molar-refractivity contribution >= 4 is 5.91 Å². The lowest BCUT2D eigenvalue weighted by Crippen LogP contribution is -2.49. The van der Waals surface area contributed by atoms with Gasteiger partial charge in [-0.15, -0.1) is 0 Å². The first-order valence-electron chi connectivity index (χ1n) is 7.25. The number of carbonyl (C=O) groups is 1. The molecule has 0 aliphatic heterocycles. The zero-order valence-corrected chi connectivity index (χ0v) is 13.4. The van der Waals surface area contributed by atoms with Crippen molar-refractivity contribution in [3.05, 3.63) is 23.8 Å². The molecule has 0 saturated heterocycles. The van der Waals surface area contributed by atoms with Crippen molar-refractivity contribution in [2.75, 3.05) is 20.8 Å². The van der Waals surface area contributed by atoms with E-state index in [1.807, 2.05) is 32.0 Å². The van der Waals surface area contributed by atoms with Crippen molar-refractivity contribution in [1.82, 2.24) is 5.32 Å². The number of ether oxygens (including phenoxy) is 2. The van der Waals surface area contributed by atoms with Gasteiger partial charge in [-0.3, -0.25) is 4.79 Å². The molecule has 0 saturated carbocycles. The summed E-state index contributed by atoms with van der Waals surface area (Å²) in [4.78, 5) is 12.1. The summed E-state index contributed by atoms with van der Waals surface area (Å²) in [6, 6.07) is 5.46. The molecule has 0 spiro atoms. The van der Waals surface area contributed by atoms with E-state index in [1.165, 1.54) is 0 Å². The molecule has 1 rings (SSSR count). The van der Waals surface area contributed by atoms with Crippen LogP contribution in [0.2, 0.25) is 0 Å². The number of benzene rings is 1. The van der Waals surface area contributed by atoms with Crippen LogP contribution in [-0.2, 0) is 11.2 Å². The van der Waals surface area contributed by atoms with Crippen molar-refractivity contribution in [1.29, 1.82) is 0 Å². The van der Waals surface area contributed by atoms with E-state index in [2.05, 4.69) is 5.32 Å². The molecule has 3 N–H and O–H groups in total. The lowest BCUT2D eigenvalue weighted by atomic mass is 9.94. The van der Waals surface area contributed by atoms with Gasteiger partial charge in [-0.2, -0.15) is 0 Å². The Hall–Kier alpha value is -1.75. The summed E-state index contributed by atoms with van der Waals surface area (Å²) in [5.41, 5.74) is 6.59. The number of hydrogen-bond acceptors (Lipinski definition) is 4. The van der Waals surface area contributed by atoms with Crippen LogP contribution in [0.1, 0.15) is 32.3 Å². The molecule has 118 valence electrons. The summed E-state index contributed by atoms with van der Waals surface area (Å²) in [6.45, 7) is 4.52. The van der Waals surface area contributed by atoms with E-state index in [4.69, 9.17) is 15.2 Å². The summed E-state index contributed by atoms with van der Waals surface area (Å²) in [5.74, 6) is 1.21. The standard InChI is InChI=1S/C16H26N2O3/c1-5-16(17,6-2)11-18-15(19)10-12-13(20-3)8-7-9-14(12)21-4/h7-9H,5-6,10-11,17H2,1-4H3,(H,18,19). The average Bonchev–Trinajstić information content (AvgIpc) is 2.52. The predicted molar refractivity (Wildman–Crippen MR) is 83.8 cm³/mol. The maximum Gasteiger partial charge on any atom is 0.224 e. The number of methoxy groups -OCH3 is 2. The number of nitrogens with one attached hydrogen (secondary N) is 1. The van der Waals surface area contributed by atoms with Crippen LogP contribution < -0.4 is 20.5 Å². The van der Waals surface area contributed by atoms with Crippen molar-refractivity contribution in [2.24, 2.45) is 5.73 Å². The van der Waals surface area contributed by atoms with Crippen molar-refractivity contribution in [2.45, 2.75) is 38.6 Å². The molecule has 0 heterocycles. The molecule has 0 radical (unpaired) electrons. The van der Waals surface area contributed by atoms with Gasteiger partial charge in [-0.05, 0) is 25.0 Å². The largest absolute Gasteiger partial charge is 0.496 e. The molecule has 5 heteroatoms. The van der Waals surface area contributed by atoms with Gasteiger partial charge in [-0.1, -0.05) is 19.9 Å². The van der Waals surface area contributed by atoms with Gasteiger partial charge in [0.15, 0.2) is 0 Å². The highest BCUT2D eigenvalue weighted by atomic mass is 16.5. The Morgan fingerprint density at radius 3 is 2.14 bits per heavy atom. The predicted octanol–water partition coefficient (Wildman–Crippen LogP) is 1.88. The molecule has 0 bridgehead atoms. The second kappa shape index (κ2) is 7.88. The third-order valence-electron chi connectivity index (χ3n) is 3.91. The molecular weight excluding hydrogens is 268 g/mol. The first-order valence-corrected chi connectivity index (χ1v) is 7.25. The SMILES string of the molecule is CCC(N)(CC)CNC(=O)Cc1c(OC)cccc1OC. The molecule has 5 nitrogen and oxygen atoms in total. The van der Waals surface area contributed by atoms with E-state index in [1.54, 1.807) is 14.2 Å².